The second-order valence-electron chi connectivity index (χ2n) is 5.50. The quantitative estimate of drug-likeness (QED) is 0.617. The molecule has 20 heavy (non-hydrogen) atoms. The van der Waals surface area contributed by atoms with Crippen molar-refractivity contribution in [1.29, 1.82) is 0 Å². The lowest BCUT2D eigenvalue weighted by Crippen LogP contribution is -2.45. The lowest BCUT2D eigenvalue weighted by Gasteiger charge is -2.26. The van der Waals surface area contributed by atoms with Crippen LogP contribution < -0.4 is 10.5 Å². The predicted molar refractivity (Wildman–Crippen MR) is 80.6 cm³/mol. The monoisotopic (exact) mass is 384 g/mol. The van der Waals surface area contributed by atoms with Crippen LogP contribution in [-0.2, 0) is 10.0 Å². The van der Waals surface area contributed by atoms with Crippen LogP contribution in [0, 0.1) is 11.7 Å². The van der Waals surface area contributed by atoms with E-state index in [1.54, 1.807) is 13.8 Å². The largest absolute Gasteiger partial charge is 0.395 e. The van der Waals surface area contributed by atoms with Crippen molar-refractivity contribution in [2.75, 3.05) is 5.73 Å². The van der Waals surface area contributed by atoms with E-state index in [9.17, 15) is 12.8 Å². The molecule has 112 valence electrons. The van der Waals surface area contributed by atoms with E-state index in [2.05, 4.69) is 20.7 Å². The molecule has 0 spiro atoms. The maximum absolute atomic E-state index is 14.1. The number of rotatable bonds is 4. The summed E-state index contributed by atoms with van der Waals surface area (Å²) in [5, 5.41) is 0.0495. The Morgan fingerprint density at radius 2 is 2.05 bits per heavy atom. The van der Waals surface area contributed by atoms with Crippen molar-refractivity contribution >= 4 is 43.2 Å². The Kier molecular flexibility index (Phi) is 4.10. The minimum Gasteiger partial charge on any atom is -0.395 e. The summed E-state index contributed by atoms with van der Waals surface area (Å²) in [6.45, 7) is 3.56. The first-order valence-electron chi connectivity index (χ1n) is 6.03. The van der Waals surface area contributed by atoms with Crippen LogP contribution in [0.3, 0.4) is 0 Å². The fourth-order valence-electron chi connectivity index (χ4n) is 2.08. The van der Waals surface area contributed by atoms with Crippen molar-refractivity contribution in [3.63, 3.8) is 0 Å². The van der Waals surface area contributed by atoms with E-state index in [0.29, 0.717) is 0 Å². The number of nitrogens with two attached hydrogens (primary N) is 1. The molecule has 0 radical (unpaired) electrons. The topological polar surface area (TPSA) is 72.2 Å². The number of nitrogen functional groups attached to an aromatic ring is 1. The van der Waals surface area contributed by atoms with Gasteiger partial charge in [-0.25, -0.2) is 17.5 Å². The van der Waals surface area contributed by atoms with Gasteiger partial charge < -0.3 is 5.73 Å². The number of anilines is 1. The van der Waals surface area contributed by atoms with Gasteiger partial charge in [0.25, 0.3) is 0 Å². The smallest absolute Gasteiger partial charge is 0.244 e. The summed E-state index contributed by atoms with van der Waals surface area (Å²) in [7, 11) is -4.03. The molecule has 0 unspecified atom stereocenters. The highest BCUT2D eigenvalue weighted by molar-refractivity contribution is 9.10. The van der Waals surface area contributed by atoms with Gasteiger partial charge in [-0.2, -0.15) is 0 Å². The Bertz CT molecular complexity index is 660. The van der Waals surface area contributed by atoms with Crippen LogP contribution in [0.4, 0.5) is 10.1 Å². The summed E-state index contributed by atoms with van der Waals surface area (Å²) in [4.78, 5) is -0.531. The molecule has 0 amide bonds. The molecule has 0 bridgehead atoms. The second-order valence-corrected chi connectivity index (χ2v) is 8.35. The summed E-state index contributed by atoms with van der Waals surface area (Å²) >= 11 is 8.87. The predicted octanol–water partition coefficient (Wildman–Crippen LogP) is 3.29. The van der Waals surface area contributed by atoms with E-state index in [1.165, 1.54) is 0 Å². The summed E-state index contributed by atoms with van der Waals surface area (Å²) in [6.07, 6.45) is 1.92. The molecule has 2 rings (SSSR count). The van der Waals surface area contributed by atoms with Gasteiger partial charge in [-0.3, -0.25) is 0 Å². The normalized spacial score (nSPS) is 16.4. The van der Waals surface area contributed by atoms with Gasteiger partial charge in [-0.1, -0.05) is 11.6 Å². The van der Waals surface area contributed by atoms with Gasteiger partial charge in [-0.15, -0.1) is 0 Å². The van der Waals surface area contributed by atoms with Gasteiger partial charge in [0.15, 0.2) is 5.82 Å². The second kappa shape index (κ2) is 5.12. The third-order valence-electron chi connectivity index (χ3n) is 3.44. The minimum absolute atomic E-state index is 0.0495. The third-order valence-corrected chi connectivity index (χ3v) is 6.49. The lowest BCUT2D eigenvalue weighted by atomic mass is 10.0. The molecule has 4 nitrogen and oxygen atoms in total. The highest BCUT2D eigenvalue weighted by atomic mass is 79.9. The molecular formula is C12H15BrClFN2O2S. The fourth-order valence-corrected chi connectivity index (χ4v) is 4.24. The first-order valence-corrected chi connectivity index (χ1v) is 8.68. The van der Waals surface area contributed by atoms with Crippen LogP contribution in [0.2, 0.25) is 5.02 Å². The highest BCUT2D eigenvalue weighted by Crippen LogP contribution is 2.41. The van der Waals surface area contributed by atoms with E-state index >= 15 is 0 Å². The Morgan fingerprint density at radius 1 is 1.50 bits per heavy atom. The number of halogens is 3. The van der Waals surface area contributed by atoms with Crippen molar-refractivity contribution in [1.82, 2.24) is 4.72 Å². The molecule has 8 heteroatoms. The van der Waals surface area contributed by atoms with Crippen LogP contribution in [0.15, 0.2) is 15.4 Å². The molecule has 1 aliphatic carbocycles. The molecule has 0 aliphatic heterocycles. The number of nitrogens with one attached hydrogen (secondary N) is 1. The standard InChI is InChI=1S/C12H15BrClFN2O2S/c1-12(2,6-3-4-6)17-20(18,19)8-5-7(14)9(13)11(16)10(8)15/h5-6,17H,3-4,16H2,1-2H3. The lowest BCUT2D eigenvalue weighted by molar-refractivity contribution is 0.399. The van der Waals surface area contributed by atoms with Crippen LogP contribution in [0.5, 0.6) is 0 Å². The zero-order valence-corrected chi connectivity index (χ0v) is 14.2. The Labute approximate surface area is 131 Å². The zero-order chi connectivity index (χ0) is 15.3. The summed E-state index contributed by atoms with van der Waals surface area (Å²) in [5.41, 5.74) is 4.57. The molecular weight excluding hydrogens is 371 g/mol. The average Bonchev–Trinajstić information content (AvgIpc) is 3.13. The third kappa shape index (κ3) is 2.95. The van der Waals surface area contributed by atoms with E-state index in [-0.39, 0.29) is 21.1 Å². The van der Waals surface area contributed by atoms with Crippen molar-refractivity contribution < 1.29 is 12.8 Å². The van der Waals surface area contributed by atoms with E-state index in [4.69, 9.17) is 17.3 Å². The zero-order valence-electron chi connectivity index (χ0n) is 11.0. The molecule has 1 aromatic rings. The number of hydrogen-bond acceptors (Lipinski definition) is 3. The van der Waals surface area contributed by atoms with Gasteiger partial charge in [0.2, 0.25) is 10.0 Å². The van der Waals surface area contributed by atoms with Crippen molar-refractivity contribution in [3.8, 4) is 0 Å². The van der Waals surface area contributed by atoms with Crippen LogP contribution >= 0.6 is 27.5 Å². The number of benzene rings is 1. The molecule has 0 atom stereocenters. The molecule has 0 saturated heterocycles. The Morgan fingerprint density at radius 3 is 2.55 bits per heavy atom. The van der Waals surface area contributed by atoms with Crippen LogP contribution in [-0.4, -0.2) is 14.0 Å². The van der Waals surface area contributed by atoms with Gasteiger partial charge in [0, 0.05) is 5.54 Å². The minimum atomic E-state index is -4.03. The SMILES string of the molecule is CC(C)(NS(=O)(=O)c1cc(Cl)c(Br)c(N)c1F)C1CC1. The Hall–Kier alpha value is -0.370. The van der Waals surface area contributed by atoms with E-state index < -0.39 is 26.3 Å². The molecule has 0 aromatic heterocycles. The summed E-state index contributed by atoms with van der Waals surface area (Å²) < 4.78 is 41.4. The molecule has 1 saturated carbocycles. The Balaban J connectivity index is 2.45. The van der Waals surface area contributed by atoms with Gasteiger partial charge >= 0.3 is 0 Å². The molecule has 0 heterocycles. The summed E-state index contributed by atoms with van der Waals surface area (Å²) in [6, 6.07) is 1.06. The molecule has 3 N–H and O–H groups in total. The van der Waals surface area contributed by atoms with Crippen LogP contribution in [0.1, 0.15) is 26.7 Å². The molecule has 1 aromatic carbocycles. The van der Waals surface area contributed by atoms with Crippen molar-refractivity contribution in [3.05, 3.63) is 21.4 Å². The van der Waals surface area contributed by atoms with Gasteiger partial charge in [0.05, 0.1) is 15.2 Å². The highest BCUT2D eigenvalue weighted by Gasteiger charge is 2.41. The molecule has 1 aliphatic rings. The van der Waals surface area contributed by atoms with Crippen molar-refractivity contribution in [2.24, 2.45) is 5.92 Å². The first-order chi connectivity index (χ1) is 9.06. The molecule has 1 fully saturated rings. The maximum Gasteiger partial charge on any atom is 0.244 e. The summed E-state index contributed by atoms with van der Waals surface area (Å²) in [5.74, 6) is -0.732. The van der Waals surface area contributed by atoms with E-state index in [1.807, 2.05) is 0 Å². The number of hydrogen-bond donors (Lipinski definition) is 2. The maximum atomic E-state index is 14.1. The van der Waals surface area contributed by atoms with Crippen molar-refractivity contribution in [2.45, 2.75) is 37.1 Å². The average molecular weight is 386 g/mol. The van der Waals surface area contributed by atoms with Gasteiger partial charge in [0.1, 0.15) is 4.90 Å². The van der Waals surface area contributed by atoms with E-state index in [0.717, 1.165) is 18.9 Å². The fraction of sp³-hybridized carbons (Fsp3) is 0.500. The first kappa shape index (κ1) is 16.0. The van der Waals surface area contributed by atoms with Crippen LogP contribution in [0.25, 0.3) is 0 Å². The number of sulfonamides is 1. The van der Waals surface area contributed by atoms with Gasteiger partial charge in [-0.05, 0) is 54.6 Å².